The van der Waals surface area contributed by atoms with Gasteiger partial charge in [0, 0.05) is 32.1 Å². The van der Waals surface area contributed by atoms with Gasteiger partial charge < -0.3 is 15.5 Å². The molecule has 0 saturated heterocycles. The van der Waals surface area contributed by atoms with E-state index < -0.39 is 0 Å². The van der Waals surface area contributed by atoms with Gasteiger partial charge >= 0.3 is 6.03 Å². The van der Waals surface area contributed by atoms with Gasteiger partial charge in [-0.15, -0.1) is 0 Å². The second-order valence-electron chi connectivity index (χ2n) is 4.79. The highest BCUT2D eigenvalue weighted by molar-refractivity contribution is 5.78. The van der Waals surface area contributed by atoms with Crippen LogP contribution in [0.3, 0.4) is 0 Å². The van der Waals surface area contributed by atoms with Crippen LogP contribution in [-0.2, 0) is 4.79 Å². The van der Waals surface area contributed by atoms with Crippen LogP contribution in [0.5, 0.6) is 0 Å². The van der Waals surface area contributed by atoms with Crippen molar-refractivity contribution >= 4 is 11.9 Å². The van der Waals surface area contributed by atoms with Crippen molar-refractivity contribution in [1.29, 1.82) is 0 Å². The van der Waals surface area contributed by atoms with E-state index in [4.69, 9.17) is 0 Å². The molecule has 3 amide bonds. The van der Waals surface area contributed by atoms with E-state index in [1.54, 1.807) is 11.9 Å². The Morgan fingerprint density at radius 2 is 1.81 bits per heavy atom. The molecule has 0 radical (unpaired) electrons. The zero-order chi connectivity index (χ0) is 12.8. The third-order valence-corrected chi connectivity index (χ3v) is 1.96. The molecule has 0 bridgehead atoms. The molecule has 0 aromatic heterocycles. The second-order valence-corrected chi connectivity index (χ2v) is 4.79. The molecular formula is C11H23N3O2. The number of carbonyl (C=O) groups excluding carboxylic acids is 2. The molecule has 0 aromatic rings. The molecular weight excluding hydrogens is 206 g/mol. The highest BCUT2D eigenvalue weighted by Crippen LogP contribution is 1.98. The van der Waals surface area contributed by atoms with Crippen molar-refractivity contribution in [2.75, 3.05) is 20.1 Å². The molecule has 0 unspecified atom stereocenters. The Hall–Kier alpha value is -1.26. The first-order chi connectivity index (χ1) is 7.26. The van der Waals surface area contributed by atoms with Gasteiger partial charge in [-0.25, -0.2) is 4.79 Å². The van der Waals surface area contributed by atoms with Crippen molar-refractivity contribution in [3.63, 3.8) is 0 Å². The third kappa shape index (κ3) is 7.09. The largest absolute Gasteiger partial charge is 0.351 e. The molecule has 0 spiro atoms. The molecule has 0 aliphatic heterocycles. The lowest BCUT2D eigenvalue weighted by molar-refractivity contribution is -0.122. The molecule has 2 N–H and O–H groups in total. The van der Waals surface area contributed by atoms with Gasteiger partial charge in [0.15, 0.2) is 0 Å². The summed E-state index contributed by atoms with van der Waals surface area (Å²) >= 11 is 0. The van der Waals surface area contributed by atoms with Crippen LogP contribution < -0.4 is 10.6 Å². The Balaban J connectivity index is 3.75. The summed E-state index contributed by atoms with van der Waals surface area (Å²) in [5.41, 5.74) is -0.221. The minimum Gasteiger partial charge on any atom is -0.351 e. The van der Waals surface area contributed by atoms with Crippen molar-refractivity contribution in [3.05, 3.63) is 0 Å². The van der Waals surface area contributed by atoms with E-state index in [0.29, 0.717) is 19.5 Å². The number of rotatable bonds is 4. The maximum absolute atomic E-state index is 11.4. The van der Waals surface area contributed by atoms with E-state index in [2.05, 4.69) is 10.6 Å². The molecule has 0 saturated carbocycles. The molecule has 0 aliphatic carbocycles. The number of hydrogen-bond donors (Lipinski definition) is 2. The van der Waals surface area contributed by atoms with Crippen molar-refractivity contribution < 1.29 is 9.59 Å². The molecule has 0 rings (SSSR count). The maximum Gasteiger partial charge on any atom is 0.317 e. The van der Waals surface area contributed by atoms with E-state index in [1.165, 1.54) is 0 Å². The van der Waals surface area contributed by atoms with Crippen LogP contribution in [-0.4, -0.2) is 42.5 Å². The summed E-state index contributed by atoms with van der Waals surface area (Å²) in [6.07, 6.45) is 0.306. The molecule has 94 valence electrons. The monoisotopic (exact) mass is 229 g/mol. The molecule has 0 fully saturated rings. The fourth-order valence-corrected chi connectivity index (χ4v) is 1.04. The summed E-state index contributed by atoms with van der Waals surface area (Å²) in [4.78, 5) is 24.3. The standard InChI is InChI=1S/C11H23N3O2/c1-6-14(5)10(16)12-8-7-9(15)13-11(2,3)4/h6-8H2,1-5H3,(H,12,16)(H,13,15). The Morgan fingerprint density at radius 3 is 2.25 bits per heavy atom. The van der Waals surface area contributed by atoms with E-state index in [-0.39, 0.29) is 17.5 Å². The minimum atomic E-state index is -0.221. The van der Waals surface area contributed by atoms with Gasteiger partial charge in [-0.05, 0) is 27.7 Å². The smallest absolute Gasteiger partial charge is 0.317 e. The lowest BCUT2D eigenvalue weighted by Gasteiger charge is -2.21. The van der Waals surface area contributed by atoms with Gasteiger partial charge in [0.2, 0.25) is 5.91 Å². The summed E-state index contributed by atoms with van der Waals surface area (Å²) in [6.45, 7) is 8.69. The summed E-state index contributed by atoms with van der Waals surface area (Å²) in [5.74, 6) is -0.0491. The Labute approximate surface area is 97.6 Å². The van der Waals surface area contributed by atoms with Crippen LogP contribution in [0.4, 0.5) is 4.79 Å². The highest BCUT2D eigenvalue weighted by Gasteiger charge is 2.13. The van der Waals surface area contributed by atoms with Gasteiger partial charge in [-0.2, -0.15) is 0 Å². The van der Waals surface area contributed by atoms with E-state index >= 15 is 0 Å². The lowest BCUT2D eigenvalue weighted by Crippen LogP contribution is -2.43. The van der Waals surface area contributed by atoms with Gasteiger partial charge in [0.1, 0.15) is 0 Å². The van der Waals surface area contributed by atoms with Crippen LogP contribution in [0.2, 0.25) is 0 Å². The van der Waals surface area contributed by atoms with Crippen LogP contribution in [0.25, 0.3) is 0 Å². The predicted octanol–water partition coefficient (Wildman–Crippen LogP) is 0.952. The Kier molecular flexibility index (Phi) is 5.85. The summed E-state index contributed by atoms with van der Waals surface area (Å²) in [7, 11) is 1.71. The van der Waals surface area contributed by atoms with E-state index in [1.807, 2.05) is 27.7 Å². The highest BCUT2D eigenvalue weighted by atomic mass is 16.2. The summed E-state index contributed by atoms with van der Waals surface area (Å²) in [6, 6.07) is -0.147. The van der Waals surface area contributed by atoms with Crippen molar-refractivity contribution in [2.45, 2.75) is 39.7 Å². The molecule has 5 heteroatoms. The molecule has 0 aromatic carbocycles. The number of urea groups is 1. The molecule has 0 aliphatic rings. The number of hydrogen-bond acceptors (Lipinski definition) is 2. The van der Waals surface area contributed by atoms with Crippen LogP contribution in [0.15, 0.2) is 0 Å². The normalized spacial score (nSPS) is 10.8. The summed E-state index contributed by atoms with van der Waals surface area (Å²) < 4.78 is 0. The third-order valence-electron chi connectivity index (χ3n) is 1.96. The average Bonchev–Trinajstić information content (AvgIpc) is 2.13. The minimum absolute atomic E-state index is 0.0491. The number of nitrogens with zero attached hydrogens (tertiary/aromatic N) is 1. The van der Waals surface area contributed by atoms with E-state index in [0.717, 1.165) is 0 Å². The van der Waals surface area contributed by atoms with Gasteiger partial charge in [-0.3, -0.25) is 4.79 Å². The lowest BCUT2D eigenvalue weighted by atomic mass is 10.1. The molecule has 0 heterocycles. The van der Waals surface area contributed by atoms with E-state index in [9.17, 15) is 9.59 Å². The fraction of sp³-hybridized carbons (Fsp3) is 0.818. The second kappa shape index (κ2) is 6.35. The van der Waals surface area contributed by atoms with Crippen LogP contribution >= 0.6 is 0 Å². The quantitative estimate of drug-likeness (QED) is 0.754. The molecule has 0 atom stereocenters. The number of amides is 3. The zero-order valence-electron chi connectivity index (χ0n) is 10.9. The topological polar surface area (TPSA) is 61.4 Å². The summed E-state index contributed by atoms with van der Waals surface area (Å²) in [5, 5.41) is 5.51. The van der Waals surface area contributed by atoms with Crippen LogP contribution in [0, 0.1) is 0 Å². The van der Waals surface area contributed by atoms with Gasteiger partial charge in [0.25, 0.3) is 0 Å². The molecule has 16 heavy (non-hydrogen) atoms. The average molecular weight is 229 g/mol. The fourth-order valence-electron chi connectivity index (χ4n) is 1.04. The number of carbonyl (C=O) groups is 2. The zero-order valence-corrected chi connectivity index (χ0v) is 10.9. The van der Waals surface area contributed by atoms with Crippen molar-refractivity contribution in [1.82, 2.24) is 15.5 Å². The maximum atomic E-state index is 11.4. The van der Waals surface area contributed by atoms with Gasteiger partial charge in [-0.1, -0.05) is 0 Å². The molecule has 5 nitrogen and oxygen atoms in total. The Morgan fingerprint density at radius 1 is 1.25 bits per heavy atom. The number of nitrogens with one attached hydrogen (secondary N) is 2. The van der Waals surface area contributed by atoms with Crippen molar-refractivity contribution in [2.24, 2.45) is 0 Å². The van der Waals surface area contributed by atoms with Crippen molar-refractivity contribution in [3.8, 4) is 0 Å². The first-order valence-electron chi connectivity index (χ1n) is 5.56. The predicted molar refractivity (Wildman–Crippen MR) is 64.2 cm³/mol. The SMILES string of the molecule is CCN(C)C(=O)NCCC(=O)NC(C)(C)C. The Bertz CT molecular complexity index is 246. The van der Waals surface area contributed by atoms with Crippen LogP contribution in [0.1, 0.15) is 34.1 Å². The first-order valence-corrected chi connectivity index (χ1v) is 5.56. The first kappa shape index (κ1) is 14.7. The van der Waals surface area contributed by atoms with Gasteiger partial charge in [0.05, 0.1) is 0 Å².